The van der Waals surface area contributed by atoms with Crippen LogP contribution in [0.15, 0.2) is 36.9 Å². The first kappa shape index (κ1) is 15.0. The Hall–Kier alpha value is -2.96. The molecule has 0 saturated carbocycles. The Kier molecular flexibility index (Phi) is 3.92. The van der Waals surface area contributed by atoms with Gasteiger partial charge in [-0.2, -0.15) is 5.10 Å². The zero-order chi connectivity index (χ0) is 16.4. The van der Waals surface area contributed by atoms with E-state index < -0.39 is 5.97 Å². The topological polar surface area (TPSA) is 85.8 Å². The van der Waals surface area contributed by atoms with Crippen LogP contribution >= 0.6 is 0 Å². The Morgan fingerprint density at radius 3 is 2.57 bits per heavy atom. The molecule has 0 spiro atoms. The second-order valence-electron chi connectivity index (χ2n) is 5.34. The molecular weight excluding hydrogens is 294 g/mol. The molecule has 7 nitrogen and oxygen atoms in total. The summed E-state index contributed by atoms with van der Waals surface area (Å²) >= 11 is 0. The van der Waals surface area contributed by atoms with Gasteiger partial charge in [-0.05, 0) is 44.0 Å². The molecule has 0 fully saturated rings. The fourth-order valence-electron chi connectivity index (χ4n) is 2.64. The summed E-state index contributed by atoms with van der Waals surface area (Å²) in [6, 6.07) is 7.86. The maximum Gasteiger partial charge on any atom is 0.303 e. The lowest BCUT2D eigenvalue weighted by Crippen LogP contribution is -2.02. The number of aryl methyl sites for hydroxylation is 1. The molecule has 0 saturated heterocycles. The van der Waals surface area contributed by atoms with Crippen LogP contribution in [0, 0.1) is 13.8 Å². The molecule has 2 heterocycles. The normalized spacial score (nSPS) is 10.9. The number of hydrogen-bond donors (Lipinski definition) is 1. The maximum absolute atomic E-state index is 10.8. The molecule has 0 aliphatic rings. The van der Waals surface area contributed by atoms with Crippen molar-refractivity contribution in [1.82, 2.24) is 24.5 Å². The lowest BCUT2D eigenvalue weighted by Gasteiger charge is -2.08. The predicted octanol–water partition coefficient (Wildman–Crippen LogP) is 2.09. The van der Waals surface area contributed by atoms with Gasteiger partial charge in [0.15, 0.2) is 0 Å². The van der Waals surface area contributed by atoms with Gasteiger partial charge in [0.1, 0.15) is 12.7 Å². The first-order valence-corrected chi connectivity index (χ1v) is 7.28. The van der Waals surface area contributed by atoms with Crippen molar-refractivity contribution >= 4 is 5.97 Å². The van der Waals surface area contributed by atoms with E-state index in [2.05, 4.69) is 15.3 Å². The highest BCUT2D eigenvalue weighted by Crippen LogP contribution is 2.21. The highest BCUT2D eigenvalue weighted by atomic mass is 16.4. The van der Waals surface area contributed by atoms with Gasteiger partial charge in [0.2, 0.25) is 0 Å². The van der Waals surface area contributed by atoms with E-state index in [1.54, 1.807) is 12.7 Å². The summed E-state index contributed by atoms with van der Waals surface area (Å²) in [5.41, 5.74) is 4.66. The van der Waals surface area contributed by atoms with Crippen molar-refractivity contribution in [1.29, 1.82) is 0 Å². The van der Waals surface area contributed by atoms with Crippen molar-refractivity contribution in [3.63, 3.8) is 0 Å². The van der Waals surface area contributed by atoms with E-state index in [9.17, 15) is 4.79 Å². The average Bonchev–Trinajstić information content (AvgIpc) is 3.15. The first-order chi connectivity index (χ1) is 11.1. The van der Waals surface area contributed by atoms with Crippen molar-refractivity contribution in [2.45, 2.75) is 26.7 Å². The van der Waals surface area contributed by atoms with Crippen molar-refractivity contribution < 1.29 is 9.90 Å². The summed E-state index contributed by atoms with van der Waals surface area (Å²) in [7, 11) is 0. The standard InChI is InChI=1S/C16H17N5O2/c1-11-15(6-7-16(22)23)12(2)21(19-11)14-5-3-4-13(8-14)20-9-17-18-10-20/h3-5,8-10H,6-7H2,1-2H3,(H,22,23). The van der Waals surface area contributed by atoms with Crippen molar-refractivity contribution in [2.24, 2.45) is 0 Å². The van der Waals surface area contributed by atoms with Crippen LogP contribution in [0.4, 0.5) is 0 Å². The predicted molar refractivity (Wildman–Crippen MR) is 83.9 cm³/mol. The number of aromatic nitrogens is 5. The molecule has 0 atom stereocenters. The van der Waals surface area contributed by atoms with Crippen molar-refractivity contribution in [2.75, 3.05) is 0 Å². The Labute approximate surface area is 133 Å². The Bertz CT molecular complexity index is 836. The number of carboxylic acids is 1. The van der Waals surface area contributed by atoms with Gasteiger partial charge >= 0.3 is 5.97 Å². The fourth-order valence-corrected chi connectivity index (χ4v) is 2.64. The summed E-state index contributed by atoms with van der Waals surface area (Å²) in [5, 5.41) is 21.1. The second-order valence-corrected chi connectivity index (χ2v) is 5.34. The quantitative estimate of drug-likeness (QED) is 0.779. The van der Waals surface area contributed by atoms with Gasteiger partial charge in [-0.3, -0.25) is 9.36 Å². The average molecular weight is 311 g/mol. The van der Waals surface area contributed by atoms with E-state index in [1.165, 1.54) is 0 Å². The number of benzene rings is 1. The van der Waals surface area contributed by atoms with Crippen LogP contribution in [0.25, 0.3) is 11.4 Å². The third-order valence-corrected chi connectivity index (χ3v) is 3.82. The fraction of sp³-hybridized carbons (Fsp3) is 0.250. The van der Waals surface area contributed by atoms with E-state index in [0.29, 0.717) is 6.42 Å². The molecule has 0 aliphatic carbocycles. The van der Waals surface area contributed by atoms with Gasteiger partial charge in [0.05, 0.1) is 17.1 Å². The molecule has 7 heteroatoms. The molecule has 0 radical (unpaired) electrons. The Morgan fingerprint density at radius 2 is 1.87 bits per heavy atom. The van der Waals surface area contributed by atoms with Crippen LogP contribution < -0.4 is 0 Å². The van der Waals surface area contributed by atoms with E-state index >= 15 is 0 Å². The largest absolute Gasteiger partial charge is 0.481 e. The molecule has 118 valence electrons. The molecule has 1 aromatic carbocycles. The molecule has 3 aromatic rings. The van der Waals surface area contributed by atoms with Gasteiger partial charge in [-0.25, -0.2) is 4.68 Å². The van der Waals surface area contributed by atoms with Crippen LogP contribution in [0.3, 0.4) is 0 Å². The number of nitrogens with zero attached hydrogens (tertiary/aromatic N) is 5. The van der Waals surface area contributed by atoms with Gasteiger partial charge in [-0.1, -0.05) is 6.07 Å². The Balaban J connectivity index is 1.98. The minimum absolute atomic E-state index is 0.105. The summed E-state index contributed by atoms with van der Waals surface area (Å²) in [5.74, 6) is -0.800. The molecular formula is C16H17N5O2. The van der Waals surface area contributed by atoms with Gasteiger partial charge in [-0.15, -0.1) is 10.2 Å². The SMILES string of the molecule is Cc1nn(-c2cccc(-n3cnnc3)c2)c(C)c1CCC(=O)O. The van der Waals surface area contributed by atoms with Crippen molar-refractivity contribution in [3.8, 4) is 11.4 Å². The molecule has 2 aromatic heterocycles. The Morgan fingerprint density at radius 1 is 1.17 bits per heavy atom. The number of carbonyl (C=O) groups is 1. The number of hydrogen-bond acceptors (Lipinski definition) is 4. The molecule has 23 heavy (non-hydrogen) atoms. The van der Waals surface area contributed by atoms with E-state index in [4.69, 9.17) is 5.11 Å². The van der Waals surface area contributed by atoms with E-state index in [0.717, 1.165) is 28.3 Å². The minimum atomic E-state index is -0.800. The number of carboxylic acid groups (broad SMARTS) is 1. The first-order valence-electron chi connectivity index (χ1n) is 7.28. The molecule has 0 amide bonds. The minimum Gasteiger partial charge on any atom is -0.481 e. The van der Waals surface area contributed by atoms with Gasteiger partial charge in [0.25, 0.3) is 0 Å². The lowest BCUT2D eigenvalue weighted by atomic mass is 10.1. The molecule has 0 unspecified atom stereocenters. The third-order valence-electron chi connectivity index (χ3n) is 3.82. The lowest BCUT2D eigenvalue weighted by molar-refractivity contribution is -0.136. The summed E-state index contributed by atoms with van der Waals surface area (Å²) in [4.78, 5) is 10.8. The summed E-state index contributed by atoms with van der Waals surface area (Å²) < 4.78 is 3.67. The molecule has 0 aliphatic heterocycles. The van der Waals surface area contributed by atoms with Crippen LogP contribution in [0.2, 0.25) is 0 Å². The van der Waals surface area contributed by atoms with Crippen LogP contribution in [-0.2, 0) is 11.2 Å². The monoisotopic (exact) mass is 311 g/mol. The van der Waals surface area contributed by atoms with Crippen molar-refractivity contribution in [3.05, 3.63) is 53.9 Å². The summed E-state index contributed by atoms with van der Waals surface area (Å²) in [6.45, 7) is 3.87. The smallest absolute Gasteiger partial charge is 0.303 e. The maximum atomic E-state index is 10.8. The molecule has 0 bridgehead atoms. The zero-order valence-corrected chi connectivity index (χ0v) is 13.0. The third kappa shape index (κ3) is 2.98. The molecule has 3 rings (SSSR count). The van der Waals surface area contributed by atoms with Crippen LogP contribution in [0.1, 0.15) is 23.4 Å². The zero-order valence-electron chi connectivity index (χ0n) is 13.0. The highest BCUT2D eigenvalue weighted by Gasteiger charge is 2.14. The van der Waals surface area contributed by atoms with Gasteiger partial charge in [0, 0.05) is 12.1 Å². The number of rotatable bonds is 5. The highest BCUT2D eigenvalue weighted by molar-refractivity contribution is 5.67. The van der Waals surface area contributed by atoms with E-state index in [1.807, 2.05) is 47.4 Å². The molecule has 1 N–H and O–H groups in total. The van der Waals surface area contributed by atoms with Gasteiger partial charge < -0.3 is 5.11 Å². The van der Waals surface area contributed by atoms with Crippen LogP contribution in [0.5, 0.6) is 0 Å². The number of aliphatic carboxylic acids is 1. The summed E-state index contributed by atoms with van der Waals surface area (Å²) in [6.07, 6.45) is 3.86. The van der Waals surface area contributed by atoms with Crippen LogP contribution in [-0.4, -0.2) is 35.6 Å². The van der Waals surface area contributed by atoms with E-state index in [-0.39, 0.29) is 6.42 Å². The second kappa shape index (κ2) is 6.04.